The van der Waals surface area contributed by atoms with Crippen LogP contribution in [-0.2, 0) is 11.8 Å². The Hall–Kier alpha value is -0.640. The first-order valence-corrected chi connectivity index (χ1v) is 7.83. The third kappa shape index (κ3) is 3.28. The maximum atomic E-state index is 13.4. The van der Waals surface area contributed by atoms with Crippen LogP contribution in [0.15, 0.2) is 29.6 Å². The molecular weight excluding hydrogens is 304 g/mol. The Labute approximate surface area is 126 Å². The molecule has 0 N–H and O–H groups in total. The van der Waals surface area contributed by atoms with E-state index in [9.17, 15) is 4.39 Å². The summed E-state index contributed by atoms with van der Waals surface area (Å²) in [5, 5.41) is 3.01. The van der Waals surface area contributed by atoms with Gasteiger partial charge in [-0.2, -0.15) is 0 Å². The van der Waals surface area contributed by atoms with Crippen LogP contribution in [0.25, 0.3) is 0 Å². The van der Waals surface area contributed by atoms with Gasteiger partial charge in [0.05, 0.1) is 10.7 Å². The molecule has 2 aromatic rings. The SMILES string of the molecule is Cc1nc(CC(CCl)(CCl)c2cccc(F)c2)cs1. The summed E-state index contributed by atoms with van der Waals surface area (Å²) in [4.78, 5) is 4.45. The van der Waals surface area contributed by atoms with E-state index in [1.54, 1.807) is 17.4 Å². The van der Waals surface area contributed by atoms with Crippen LogP contribution in [0.2, 0.25) is 0 Å². The predicted octanol–water partition coefficient (Wildman–Crippen LogP) is 4.55. The molecule has 0 saturated heterocycles. The van der Waals surface area contributed by atoms with Gasteiger partial charge >= 0.3 is 0 Å². The number of aromatic nitrogens is 1. The highest BCUT2D eigenvalue weighted by Gasteiger charge is 2.32. The highest BCUT2D eigenvalue weighted by Crippen LogP contribution is 2.32. The van der Waals surface area contributed by atoms with Crippen molar-refractivity contribution in [2.45, 2.75) is 18.8 Å². The van der Waals surface area contributed by atoms with E-state index >= 15 is 0 Å². The molecule has 0 amide bonds. The normalized spacial score (nSPS) is 11.8. The van der Waals surface area contributed by atoms with E-state index in [0.29, 0.717) is 18.2 Å². The molecule has 1 nitrogen and oxygen atoms in total. The van der Waals surface area contributed by atoms with Crippen LogP contribution >= 0.6 is 34.5 Å². The number of alkyl halides is 2. The van der Waals surface area contributed by atoms with Gasteiger partial charge in [-0.25, -0.2) is 9.37 Å². The Morgan fingerprint density at radius 1 is 1.32 bits per heavy atom. The average Bonchev–Trinajstić information content (AvgIpc) is 2.81. The molecular formula is C14H14Cl2FNS. The largest absolute Gasteiger partial charge is 0.247 e. The zero-order valence-electron chi connectivity index (χ0n) is 10.5. The van der Waals surface area contributed by atoms with Crippen LogP contribution in [0.3, 0.4) is 0 Å². The van der Waals surface area contributed by atoms with Crippen LogP contribution in [0.4, 0.5) is 4.39 Å². The van der Waals surface area contributed by atoms with Crippen molar-refractivity contribution in [3.8, 4) is 0 Å². The summed E-state index contributed by atoms with van der Waals surface area (Å²) < 4.78 is 13.4. The van der Waals surface area contributed by atoms with E-state index < -0.39 is 5.41 Å². The predicted molar refractivity (Wildman–Crippen MR) is 80.1 cm³/mol. The van der Waals surface area contributed by atoms with Gasteiger partial charge in [0.2, 0.25) is 0 Å². The molecule has 0 spiro atoms. The smallest absolute Gasteiger partial charge is 0.123 e. The van der Waals surface area contributed by atoms with Crippen molar-refractivity contribution in [1.82, 2.24) is 4.98 Å². The summed E-state index contributed by atoms with van der Waals surface area (Å²) in [6.07, 6.45) is 0.619. The Bertz CT molecular complexity index is 552. The Morgan fingerprint density at radius 2 is 2.05 bits per heavy atom. The first kappa shape index (κ1) is 14.8. The molecule has 1 heterocycles. The minimum absolute atomic E-state index is 0.272. The van der Waals surface area contributed by atoms with Crippen molar-refractivity contribution in [2.75, 3.05) is 11.8 Å². The van der Waals surface area contributed by atoms with Crippen LogP contribution in [0.5, 0.6) is 0 Å². The number of hydrogen-bond acceptors (Lipinski definition) is 2. The topological polar surface area (TPSA) is 12.9 Å². The molecule has 2 rings (SSSR count). The second-order valence-electron chi connectivity index (χ2n) is 4.59. The second kappa shape index (κ2) is 6.21. The van der Waals surface area contributed by atoms with Crippen LogP contribution < -0.4 is 0 Å². The lowest BCUT2D eigenvalue weighted by atomic mass is 9.80. The molecule has 1 aromatic heterocycles. The summed E-state index contributed by atoms with van der Waals surface area (Å²) in [5.74, 6) is 0.388. The molecule has 1 aromatic carbocycles. The van der Waals surface area contributed by atoms with Crippen molar-refractivity contribution < 1.29 is 4.39 Å². The van der Waals surface area contributed by atoms with Crippen LogP contribution in [0, 0.1) is 12.7 Å². The number of nitrogens with zero attached hydrogens (tertiary/aromatic N) is 1. The summed E-state index contributed by atoms with van der Waals surface area (Å²) in [6, 6.07) is 6.48. The molecule has 0 fully saturated rings. The molecule has 0 unspecified atom stereocenters. The van der Waals surface area contributed by atoms with E-state index in [1.165, 1.54) is 12.1 Å². The van der Waals surface area contributed by atoms with Gasteiger partial charge in [0.15, 0.2) is 0 Å². The van der Waals surface area contributed by atoms with Gasteiger partial charge in [-0.1, -0.05) is 12.1 Å². The summed E-state index contributed by atoms with van der Waals surface area (Å²) in [6.45, 7) is 1.96. The quantitative estimate of drug-likeness (QED) is 0.737. The Kier molecular flexibility index (Phi) is 4.82. The summed E-state index contributed by atoms with van der Waals surface area (Å²) in [7, 11) is 0. The number of halogens is 3. The fourth-order valence-electron chi connectivity index (χ4n) is 2.04. The number of benzene rings is 1. The maximum absolute atomic E-state index is 13.4. The number of aryl methyl sites for hydroxylation is 1. The maximum Gasteiger partial charge on any atom is 0.123 e. The van der Waals surface area contributed by atoms with E-state index in [4.69, 9.17) is 23.2 Å². The van der Waals surface area contributed by atoms with Gasteiger partial charge in [-0.3, -0.25) is 0 Å². The number of thiazole rings is 1. The molecule has 0 aliphatic carbocycles. The van der Waals surface area contributed by atoms with Gasteiger partial charge in [-0.15, -0.1) is 34.5 Å². The van der Waals surface area contributed by atoms with Crippen LogP contribution in [0.1, 0.15) is 16.3 Å². The fourth-order valence-corrected chi connectivity index (χ4v) is 3.44. The van der Waals surface area contributed by atoms with Crippen molar-refractivity contribution in [3.05, 3.63) is 51.7 Å². The number of rotatable bonds is 5. The van der Waals surface area contributed by atoms with E-state index in [2.05, 4.69) is 4.98 Å². The molecule has 0 aliphatic heterocycles. The van der Waals surface area contributed by atoms with Crippen molar-refractivity contribution >= 4 is 34.5 Å². The van der Waals surface area contributed by atoms with Crippen molar-refractivity contribution in [1.29, 1.82) is 0 Å². The van der Waals surface area contributed by atoms with Gasteiger partial charge < -0.3 is 0 Å². The molecule has 102 valence electrons. The summed E-state index contributed by atoms with van der Waals surface area (Å²) in [5.41, 5.74) is 1.29. The minimum atomic E-state index is -0.480. The lowest BCUT2D eigenvalue weighted by Crippen LogP contribution is -2.33. The van der Waals surface area contributed by atoms with E-state index in [1.807, 2.05) is 18.4 Å². The molecule has 0 bridgehead atoms. The van der Waals surface area contributed by atoms with Gasteiger partial charge in [0.25, 0.3) is 0 Å². The van der Waals surface area contributed by atoms with Crippen molar-refractivity contribution in [3.63, 3.8) is 0 Å². The average molecular weight is 318 g/mol. The van der Waals surface area contributed by atoms with Crippen LogP contribution in [-0.4, -0.2) is 16.7 Å². The zero-order chi connectivity index (χ0) is 13.9. The van der Waals surface area contributed by atoms with Gasteiger partial charge in [-0.05, 0) is 24.6 Å². The Balaban J connectivity index is 2.37. The lowest BCUT2D eigenvalue weighted by Gasteiger charge is -2.29. The van der Waals surface area contributed by atoms with E-state index in [-0.39, 0.29) is 5.82 Å². The lowest BCUT2D eigenvalue weighted by molar-refractivity contribution is 0.522. The minimum Gasteiger partial charge on any atom is -0.247 e. The third-order valence-corrected chi connectivity index (χ3v) is 4.98. The third-order valence-electron chi connectivity index (χ3n) is 3.13. The molecule has 5 heteroatoms. The molecule has 0 aliphatic rings. The molecule has 19 heavy (non-hydrogen) atoms. The molecule has 0 saturated carbocycles. The van der Waals surface area contributed by atoms with Gasteiger partial charge in [0.1, 0.15) is 5.82 Å². The standard InChI is InChI=1S/C14H14Cl2FNS/c1-10-18-13(7-19-10)6-14(8-15,9-16)11-3-2-4-12(17)5-11/h2-5,7H,6,8-9H2,1H3. The zero-order valence-corrected chi connectivity index (χ0v) is 12.8. The van der Waals surface area contributed by atoms with Gasteiger partial charge in [0, 0.05) is 29.0 Å². The summed E-state index contributed by atoms with van der Waals surface area (Å²) >= 11 is 13.9. The second-order valence-corrected chi connectivity index (χ2v) is 6.19. The number of hydrogen-bond donors (Lipinski definition) is 0. The molecule has 0 atom stereocenters. The monoisotopic (exact) mass is 317 g/mol. The first-order chi connectivity index (χ1) is 9.09. The van der Waals surface area contributed by atoms with Crippen molar-refractivity contribution in [2.24, 2.45) is 0 Å². The Morgan fingerprint density at radius 3 is 2.58 bits per heavy atom. The van der Waals surface area contributed by atoms with E-state index in [0.717, 1.165) is 16.3 Å². The molecule has 0 radical (unpaired) electrons. The first-order valence-electron chi connectivity index (χ1n) is 5.88. The fraction of sp³-hybridized carbons (Fsp3) is 0.357. The highest BCUT2D eigenvalue weighted by atomic mass is 35.5. The highest BCUT2D eigenvalue weighted by molar-refractivity contribution is 7.09.